The van der Waals surface area contributed by atoms with Crippen molar-refractivity contribution in [3.63, 3.8) is 0 Å². The highest BCUT2D eigenvalue weighted by atomic mass is 16.6. The zero-order valence-electron chi connectivity index (χ0n) is 17.7. The number of unbranched alkanes of at least 4 members (excludes halogenated alkanes) is 2. The van der Waals surface area contributed by atoms with Crippen molar-refractivity contribution in [3.05, 3.63) is 81.4 Å². The molecule has 5 nitrogen and oxygen atoms in total. The molecule has 0 radical (unpaired) electrons. The number of nitrogens with zero attached hydrogens (tertiary/aromatic N) is 1. The molecule has 5 heteroatoms. The zero-order chi connectivity index (χ0) is 21.5. The van der Waals surface area contributed by atoms with E-state index < -0.39 is 10.9 Å². The summed E-state index contributed by atoms with van der Waals surface area (Å²) in [6.45, 7) is 4.40. The largest absolute Gasteiger partial charge is 0.454 e. The number of benzene rings is 2. The summed E-state index contributed by atoms with van der Waals surface area (Å²) >= 11 is 0. The summed E-state index contributed by atoms with van der Waals surface area (Å²) in [6, 6.07) is 13.9. The molecule has 1 unspecified atom stereocenters. The van der Waals surface area contributed by atoms with Crippen molar-refractivity contribution in [3.8, 4) is 0 Å². The lowest BCUT2D eigenvalue weighted by molar-refractivity contribution is -0.384. The second-order valence-electron chi connectivity index (χ2n) is 7.95. The van der Waals surface area contributed by atoms with E-state index in [1.54, 1.807) is 0 Å². The van der Waals surface area contributed by atoms with Crippen molar-refractivity contribution >= 4 is 17.2 Å². The summed E-state index contributed by atoms with van der Waals surface area (Å²) in [5.74, 6) is 0.124. The van der Waals surface area contributed by atoms with Gasteiger partial charge >= 0.3 is 5.97 Å². The van der Waals surface area contributed by atoms with E-state index in [4.69, 9.17) is 4.74 Å². The first-order chi connectivity index (χ1) is 14.5. The molecule has 1 aliphatic rings. The van der Waals surface area contributed by atoms with E-state index in [-0.39, 0.29) is 11.8 Å². The third-order valence-corrected chi connectivity index (χ3v) is 5.74. The predicted octanol–water partition coefficient (Wildman–Crippen LogP) is 6.89. The first kappa shape index (κ1) is 21.8. The molecule has 0 bridgehead atoms. The number of rotatable bonds is 9. The molecule has 2 atom stereocenters. The highest BCUT2D eigenvalue weighted by Gasteiger charge is 2.20. The van der Waals surface area contributed by atoms with Crippen LogP contribution >= 0.6 is 0 Å². The minimum Gasteiger partial charge on any atom is -0.454 e. The van der Waals surface area contributed by atoms with Gasteiger partial charge in [0, 0.05) is 12.1 Å². The normalized spacial score (nSPS) is 16.7. The molecule has 0 aromatic heterocycles. The number of nitro groups is 1. The van der Waals surface area contributed by atoms with Gasteiger partial charge < -0.3 is 4.74 Å². The first-order valence-electron chi connectivity index (χ1n) is 10.8. The Hall–Kier alpha value is -2.95. The lowest BCUT2D eigenvalue weighted by atomic mass is 9.94. The average molecular weight is 408 g/mol. The van der Waals surface area contributed by atoms with Gasteiger partial charge in [0.1, 0.15) is 6.10 Å². The Morgan fingerprint density at radius 3 is 2.40 bits per heavy atom. The number of nitro benzene ring substituents is 1. The number of hydrogen-bond acceptors (Lipinski definition) is 4. The minimum atomic E-state index is -0.481. The molecule has 0 amide bonds. The number of hydrogen-bond donors (Lipinski definition) is 0. The third kappa shape index (κ3) is 5.35. The van der Waals surface area contributed by atoms with E-state index in [0.717, 1.165) is 37.7 Å². The van der Waals surface area contributed by atoms with Gasteiger partial charge in [-0.25, -0.2) is 4.79 Å². The predicted molar refractivity (Wildman–Crippen MR) is 118 cm³/mol. The van der Waals surface area contributed by atoms with Gasteiger partial charge in [0.15, 0.2) is 0 Å². The van der Waals surface area contributed by atoms with E-state index >= 15 is 0 Å². The Morgan fingerprint density at radius 2 is 1.83 bits per heavy atom. The van der Waals surface area contributed by atoms with Crippen LogP contribution in [0.25, 0.3) is 5.57 Å². The lowest BCUT2D eigenvalue weighted by Gasteiger charge is -2.19. The van der Waals surface area contributed by atoms with E-state index in [9.17, 15) is 14.9 Å². The molecule has 2 aromatic rings. The fourth-order valence-corrected chi connectivity index (χ4v) is 3.93. The molecule has 0 spiro atoms. The maximum absolute atomic E-state index is 12.7. The van der Waals surface area contributed by atoms with Crippen LogP contribution in [0.1, 0.15) is 80.0 Å². The van der Waals surface area contributed by atoms with Crippen LogP contribution in [0.2, 0.25) is 0 Å². The summed E-state index contributed by atoms with van der Waals surface area (Å²) in [5.41, 5.74) is 3.89. The van der Waals surface area contributed by atoms with Crippen LogP contribution in [0, 0.1) is 16.0 Å². The molecule has 0 fully saturated rings. The van der Waals surface area contributed by atoms with Crippen LogP contribution in [-0.2, 0) is 4.74 Å². The minimum absolute atomic E-state index is 0.0444. The van der Waals surface area contributed by atoms with Crippen molar-refractivity contribution in [2.45, 2.75) is 58.5 Å². The molecule has 0 aliphatic heterocycles. The zero-order valence-corrected chi connectivity index (χ0v) is 17.7. The summed E-state index contributed by atoms with van der Waals surface area (Å²) in [6.07, 6.45) is 8.20. The van der Waals surface area contributed by atoms with Crippen LogP contribution in [0.5, 0.6) is 0 Å². The Balaban J connectivity index is 1.75. The number of non-ortho nitro benzene ring substituents is 1. The van der Waals surface area contributed by atoms with Gasteiger partial charge in [0.05, 0.1) is 10.5 Å². The third-order valence-electron chi connectivity index (χ3n) is 5.74. The second-order valence-corrected chi connectivity index (χ2v) is 7.95. The quantitative estimate of drug-likeness (QED) is 0.196. The molecular weight excluding hydrogens is 378 g/mol. The van der Waals surface area contributed by atoms with Crippen molar-refractivity contribution in [2.75, 3.05) is 0 Å². The Bertz CT molecular complexity index is 900. The van der Waals surface area contributed by atoms with Crippen LogP contribution in [-0.4, -0.2) is 10.9 Å². The maximum Gasteiger partial charge on any atom is 0.338 e. The number of carbonyl (C=O) groups is 1. The van der Waals surface area contributed by atoms with Crippen molar-refractivity contribution in [1.29, 1.82) is 0 Å². The van der Waals surface area contributed by atoms with Gasteiger partial charge in [-0.15, -0.1) is 0 Å². The Labute approximate surface area is 177 Å². The highest BCUT2D eigenvalue weighted by Crippen LogP contribution is 2.34. The molecule has 2 aromatic carbocycles. The number of esters is 1. The van der Waals surface area contributed by atoms with Crippen molar-refractivity contribution in [2.24, 2.45) is 5.92 Å². The summed E-state index contributed by atoms with van der Waals surface area (Å²) in [4.78, 5) is 23.0. The monoisotopic (exact) mass is 407 g/mol. The average Bonchev–Trinajstić information content (AvgIpc) is 3.19. The first-order valence-corrected chi connectivity index (χ1v) is 10.8. The van der Waals surface area contributed by atoms with Gasteiger partial charge in [-0.05, 0) is 60.4 Å². The number of allylic oxidation sites excluding steroid dienone is 2. The summed E-state index contributed by atoms with van der Waals surface area (Å²) in [5, 5.41) is 10.8. The fraction of sp³-hybridized carbons (Fsp3) is 0.400. The van der Waals surface area contributed by atoms with Gasteiger partial charge in [-0.3, -0.25) is 10.1 Å². The van der Waals surface area contributed by atoms with Gasteiger partial charge in [0.25, 0.3) is 5.69 Å². The fourth-order valence-electron chi connectivity index (χ4n) is 3.93. The van der Waals surface area contributed by atoms with Crippen molar-refractivity contribution in [1.82, 2.24) is 0 Å². The van der Waals surface area contributed by atoms with E-state index in [0.29, 0.717) is 11.5 Å². The van der Waals surface area contributed by atoms with E-state index in [1.807, 2.05) is 0 Å². The Kier molecular flexibility index (Phi) is 7.39. The molecule has 0 saturated heterocycles. The number of ether oxygens (including phenoxy) is 1. The van der Waals surface area contributed by atoms with Gasteiger partial charge in [-0.1, -0.05) is 57.0 Å². The molecule has 1 aliphatic carbocycles. The maximum atomic E-state index is 12.7. The van der Waals surface area contributed by atoms with E-state index in [1.165, 1.54) is 41.8 Å². The van der Waals surface area contributed by atoms with Crippen LogP contribution in [0.3, 0.4) is 0 Å². The molecule has 3 rings (SSSR count). The molecular formula is C25H29NO4. The SMILES string of the molecule is CCCCC[C@@H](OC(=O)c1ccc([N+](=O)[O-])cc1)c1ccc(C2=CCCC2C)cc1. The standard InChI is InChI=1S/C25H29NO4/c1-3-4-5-9-24(30-25(27)21-14-16-22(17-15-21)26(28)29)20-12-10-19(11-13-20)23-8-6-7-18(23)2/h8,10-18,24H,3-7,9H2,1-2H3/t18?,24-/m1/s1. The van der Waals surface area contributed by atoms with E-state index in [2.05, 4.69) is 44.2 Å². The molecule has 30 heavy (non-hydrogen) atoms. The highest BCUT2D eigenvalue weighted by molar-refractivity contribution is 5.89. The summed E-state index contributed by atoms with van der Waals surface area (Å²) < 4.78 is 5.83. The van der Waals surface area contributed by atoms with Crippen LogP contribution in [0.4, 0.5) is 5.69 Å². The lowest BCUT2D eigenvalue weighted by Crippen LogP contribution is -2.12. The molecule has 158 valence electrons. The summed E-state index contributed by atoms with van der Waals surface area (Å²) in [7, 11) is 0. The van der Waals surface area contributed by atoms with Crippen LogP contribution in [0.15, 0.2) is 54.6 Å². The second kappa shape index (κ2) is 10.2. The molecule has 0 saturated carbocycles. The smallest absolute Gasteiger partial charge is 0.338 e. The molecule has 0 N–H and O–H groups in total. The van der Waals surface area contributed by atoms with Gasteiger partial charge in [0.2, 0.25) is 0 Å². The van der Waals surface area contributed by atoms with Gasteiger partial charge in [-0.2, -0.15) is 0 Å². The number of carbonyl (C=O) groups excluding carboxylic acids is 1. The molecule has 0 heterocycles. The Morgan fingerprint density at radius 1 is 1.13 bits per heavy atom. The topological polar surface area (TPSA) is 69.4 Å². The van der Waals surface area contributed by atoms with Crippen LogP contribution < -0.4 is 0 Å². The van der Waals surface area contributed by atoms with Crippen molar-refractivity contribution < 1.29 is 14.5 Å².